The molecule has 0 N–H and O–H groups in total. The molecule has 0 saturated carbocycles. The third kappa shape index (κ3) is 10.2. The largest absolute Gasteiger partial charge is 0.457 e. The fraction of sp³-hybridized carbons (Fsp3) is 0.618. The molecule has 1 aromatic carbocycles. The minimum absolute atomic E-state index is 0.0373. The van der Waals surface area contributed by atoms with Crippen molar-refractivity contribution in [1.82, 2.24) is 0 Å². The molecule has 2 rings (SSSR count). The first kappa shape index (κ1) is 33.3. The minimum atomic E-state index is -1.87. The molecule has 0 amide bonds. The number of cyclic esters (lactones) is 1. The first-order valence-electron chi connectivity index (χ1n) is 15.3. The smallest absolute Gasteiger partial charge is 0.306 e. The highest BCUT2D eigenvalue weighted by Gasteiger charge is 2.33. The van der Waals surface area contributed by atoms with Gasteiger partial charge in [-0.15, -0.1) is 0 Å². The zero-order valence-corrected chi connectivity index (χ0v) is 28.2. The Kier molecular flexibility index (Phi) is 13.5. The van der Waals surface area contributed by atoms with Gasteiger partial charge in [-0.25, -0.2) is 0 Å². The summed E-state index contributed by atoms with van der Waals surface area (Å²) in [4.78, 5) is 12.9. The molecule has 0 saturated heterocycles. The van der Waals surface area contributed by atoms with Crippen LogP contribution in [0.15, 0.2) is 53.3 Å². The van der Waals surface area contributed by atoms with E-state index in [1.165, 1.54) is 10.8 Å². The second kappa shape index (κ2) is 15.8. The van der Waals surface area contributed by atoms with E-state index in [-0.39, 0.29) is 30.0 Å². The molecule has 3 nitrogen and oxygen atoms in total. The molecule has 1 aliphatic rings. The average molecular weight is 567 g/mol. The van der Waals surface area contributed by atoms with Gasteiger partial charge in [-0.2, -0.15) is 0 Å². The van der Waals surface area contributed by atoms with Crippen molar-refractivity contribution in [3.8, 4) is 11.8 Å². The molecule has 39 heavy (non-hydrogen) atoms. The maximum absolute atomic E-state index is 12.9. The van der Waals surface area contributed by atoms with Crippen LogP contribution in [0.1, 0.15) is 79.7 Å². The molecule has 0 fully saturated rings. The summed E-state index contributed by atoms with van der Waals surface area (Å²) in [6.07, 6.45) is 7.48. The van der Waals surface area contributed by atoms with Gasteiger partial charge in [0.15, 0.2) is 8.32 Å². The molecule has 0 radical (unpaired) electrons. The number of esters is 1. The summed E-state index contributed by atoms with van der Waals surface area (Å²) in [5.74, 6) is 7.22. The summed E-state index contributed by atoms with van der Waals surface area (Å²) >= 11 is 0. The van der Waals surface area contributed by atoms with Gasteiger partial charge >= 0.3 is 5.97 Å². The van der Waals surface area contributed by atoms with Crippen LogP contribution >= 0.6 is 0 Å². The van der Waals surface area contributed by atoms with Crippen molar-refractivity contribution in [2.24, 2.45) is 11.8 Å². The van der Waals surface area contributed by atoms with Gasteiger partial charge in [-0.3, -0.25) is 4.79 Å². The van der Waals surface area contributed by atoms with Crippen molar-refractivity contribution in [1.29, 1.82) is 0 Å². The highest BCUT2D eigenvalue weighted by Crippen LogP contribution is 2.29. The van der Waals surface area contributed by atoms with E-state index in [0.29, 0.717) is 6.42 Å². The zero-order valence-electron chi connectivity index (χ0n) is 26.2. The van der Waals surface area contributed by atoms with Gasteiger partial charge in [-0.05, 0) is 67.6 Å². The Hall–Kier alpha value is -1.88. The number of allylic oxidation sites excluding steroid dienone is 1. The van der Waals surface area contributed by atoms with E-state index in [2.05, 4.69) is 116 Å². The van der Waals surface area contributed by atoms with Crippen LogP contribution in [0, 0.1) is 23.7 Å². The van der Waals surface area contributed by atoms with Crippen molar-refractivity contribution >= 4 is 22.4 Å². The van der Waals surface area contributed by atoms with Crippen molar-refractivity contribution in [2.75, 3.05) is 0 Å². The van der Waals surface area contributed by atoms with Crippen LogP contribution < -0.4 is 0 Å². The van der Waals surface area contributed by atoms with Crippen LogP contribution in [0.4, 0.5) is 0 Å². The molecular weight excluding hydrogens is 513 g/mol. The van der Waals surface area contributed by atoms with Crippen molar-refractivity contribution in [3.05, 3.63) is 58.8 Å². The topological polar surface area (TPSA) is 35.5 Å². The summed E-state index contributed by atoms with van der Waals surface area (Å²) in [6.45, 7) is 20.4. The molecule has 0 aliphatic carbocycles. The standard InChI is InChI=1S/C34H54O3Si2/c1-10-39(11-2,12-3)37-30(7)27(4)24-28(5)34-29(6)25-32(22-18-13-14-19-23-33(35)36-34)38(8,9)26-31-20-16-15-17-21-31/h15-17,20-21,24-25,27,29-30,34H,10-14,19,23,26H2,1-9H3/b28-24+,32-25+/t27-,29-,30+,34?/m0/s1. The maximum atomic E-state index is 12.9. The fourth-order valence-corrected chi connectivity index (χ4v) is 11.2. The number of benzene rings is 1. The van der Waals surface area contributed by atoms with Gasteiger partial charge in [0.05, 0.1) is 8.07 Å². The number of hydrogen-bond donors (Lipinski definition) is 0. The van der Waals surface area contributed by atoms with Crippen LogP contribution in [-0.4, -0.2) is 34.6 Å². The van der Waals surface area contributed by atoms with Gasteiger partial charge in [0, 0.05) is 24.9 Å². The molecule has 1 aliphatic heterocycles. The molecule has 216 valence electrons. The Labute approximate surface area is 242 Å². The Morgan fingerprint density at radius 2 is 1.74 bits per heavy atom. The molecule has 0 aromatic heterocycles. The van der Waals surface area contributed by atoms with Crippen LogP contribution in [0.5, 0.6) is 0 Å². The van der Waals surface area contributed by atoms with Crippen molar-refractivity contribution < 1.29 is 14.0 Å². The normalized spacial score (nSPS) is 22.7. The Bertz CT molecular complexity index is 1020. The summed E-state index contributed by atoms with van der Waals surface area (Å²) in [6, 6.07) is 15.2. The summed E-state index contributed by atoms with van der Waals surface area (Å²) in [5, 5.41) is 1.27. The number of carbonyl (C=O) groups excluding carboxylic acids is 1. The predicted octanol–water partition coefficient (Wildman–Crippen LogP) is 9.06. The maximum Gasteiger partial charge on any atom is 0.306 e. The lowest BCUT2D eigenvalue weighted by Gasteiger charge is -2.34. The SMILES string of the molecule is CC[Si](CC)(CC)O[C@H](C)[C@@H](C)/C=C(\C)C1OC(=O)CCCCC#C/C([Si](C)(C)Cc2ccccc2)=C\[C@@H]1C. The molecule has 1 aromatic rings. The second-order valence-corrected chi connectivity index (χ2v) is 21.6. The van der Waals surface area contributed by atoms with E-state index < -0.39 is 16.4 Å². The van der Waals surface area contributed by atoms with E-state index in [1.807, 2.05) is 0 Å². The Morgan fingerprint density at radius 1 is 1.10 bits per heavy atom. The molecule has 0 bridgehead atoms. The average Bonchev–Trinajstić information content (AvgIpc) is 2.90. The van der Waals surface area contributed by atoms with Gasteiger partial charge in [0.1, 0.15) is 6.10 Å². The Balaban J connectivity index is 2.39. The lowest BCUT2D eigenvalue weighted by molar-refractivity contribution is -0.148. The fourth-order valence-electron chi connectivity index (χ4n) is 5.59. The third-order valence-corrected chi connectivity index (χ3v) is 16.4. The summed E-state index contributed by atoms with van der Waals surface area (Å²) < 4.78 is 13.0. The molecule has 4 atom stereocenters. The van der Waals surface area contributed by atoms with Gasteiger partial charge in [-0.1, -0.05) is 108 Å². The molecule has 1 heterocycles. The highest BCUT2D eigenvalue weighted by molar-refractivity contribution is 6.84. The van der Waals surface area contributed by atoms with E-state index in [4.69, 9.17) is 9.16 Å². The third-order valence-electron chi connectivity index (χ3n) is 8.62. The van der Waals surface area contributed by atoms with Crippen LogP contribution in [0.25, 0.3) is 0 Å². The summed E-state index contributed by atoms with van der Waals surface area (Å²) in [7, 11) is -3.56. The van der Waals surface area contributed by atoms with Crippen LogP contribution in [0.2, 0.25) is 31.2 Å². The van der Waals surface area contributed by atoms with E-state index >= 15 is 0 Å². The summed E-state index contributed by atoms with van der Waals surface area (Å²) in [5.41, 5.74) is 2.47. The number of hydrogen-bond acceptors (Lipinski definition) is 3. The van der Waals surface area contributed by atoms with Crippen molar-refractivity contribution in [2.45, 2.75) is 124 Å². The second-order valence-electron chi connectivity index (χ2n) is 12.2. The van der Waals surface area contributed by atoms with E-state index in [9.17, 15) is 4.79 Å². The number of ether oxygens (including phenoxy) is 1. The van der Waals surface area contributed by atoms with Gasteiger partial charge in [0.25, 0.3) is 0 Å². The molecule has 1 unspecified atom stereocenters. The first-order chi connectivity index (χ1) is 18.5. The lowest BCUT2D eigenvalue weighted by atomic mass is 9.93. The zero-order chi connectivity index (χ0) is 29.1. The van der Waals surface area contributed by atoms with Gasteiger partial charge < -0.3 is 9.16 Å². The highest BCUT2D eigenvalue weighted by atomic mass is 28.4. The molecule has 5 heteroatoms. The van der Waals surface area contributed by atoms with E-state index in [1.54, 1.807) is 0 Å². The van der Waals surface area contributed by atoms with Gasteiger partial charge in [0.2, 0.25) is 0 Å². The van der Waals surface area contributed by atoms with Crippen LogP contribution in [0.3, 0.4) is 0 Å². The predicted molar refractivity (Wildman–Crippen MR) is 172 cm³/mol. The first-order valence-corrected chi connectivity index (χ1v) is 21.0. The number of carbonyl (C=O) groups is 1. The number of rotatable bonds is 11. The lowest BCUT2D eigenvalue weighted by Crippen LogP contribution is -2.40. The monoisotopic (exact) mass is 566 g/mol. The Morgan fingerprint density at radius 3 is 2.36 bits per heavy atom. The van der Waals surface area contributed by atoms with E-state index in [0.717, 1.165) is 49.0 Å². The molecule has 0 spiro atoms. The van der Waals surface area contributed by atoms with Crippen LogP contribution in [-0.2, 0) is 20.0 Å². The quantitative estimate of drug-likeness (QED) is 0.116. The molecular formula is C34H54O3Si2. The van der Waals surface area contributed by atoms with Crippen molar-refractivity contribution in [3.63, 3.8) is 0 Å². The minimum Gasteiger partial charge on any atom is -0.457 e.